The Morgan fingerprint density at radius 3 is 2.67 bits per heavy atom. The summed E-state index contributed by atoms with van der Waals surface area (Å²) in [4.78, 5) is 23.7. The Kier molecular flexibility index (Phi) is 7.39. The lowest BCUT2D eigenvalue weighted by atomic mass is 10.2. The maximum absolute atomic E-state index is 12.0. The first kappa shape index (κ1) is 17.1. The molecule has 21 heavy (non-hydrogen) atoms. The zero-order chi connectivity index (χ0) is 15.7. The molecule has 5 nitrogen and oxygen atoms in total. The highest BCUT2D eigenvalue weighted by Gasteiger charge is 2.21. The minimum Gasteiger partial charge on any atom is -0.508 e. The lowest BCUT2D eigenvalue weighted by Crippen LogP contribution is -2.43. The first-order valence-corrected chi connectivity index (χ1v) is 7.60. The van der Waals surface area contributed by atoms with Gasteiger partial charge in [-0.1, -0.05) is 6.08 Å². The van der Waals surface area contributed by atoms with Gasteiger partial charge in [0.2, 0.25) is 0 Å². The van der Waals surface area contributed by atoms with Gasteiger partial charge in [0.15, 0.2) is 0 Å². The number of ether oxygens (including phenoxy) is 1. The predicted octanol–water partition coefficient (Wildman–Crippen LogP) is 1.97. The van der Waals surface area contributed by atoms with Gasteiger partial charge in [-0.25, -0.2) is 4.79 Å². The summed E-state index contributed by atoms with van der Waals surface area (Å²) in [6.07, 6.45) is 2.64. The zero-order valence-electron chi connectivity index (χ0n) is 11.9. The molecule has 0 radical (unpaired) electrons. The number of methoxy groups -OCH3 is 1. The van der Waals surface area contributed by atoms with E-state index in [4.69, 9.17) is 4.74 Å². The summed E-state index contributed by atoms with van der Waals surface area (Å²) in [6, 6.07) is 5.11. The van der Waals surface area contributed by atoms with Crippen LogP contribution in [0.1, 0.15) is 16.8 Å². The highest BCUT2D eigenvalue weighted by molar-refractivity contribution is 7.99. The maximum Gasteiger partial charge on any atom is 0.329 e. The normalized spacial score (nSPS) is 11.5. The van der Waals surface area contributed by atoms with Crippen molar-refractivity contribution < 1.29 is 19.4 Å². The second-order valence-electron chi connectivity index (χ2n) is 4.25. The van der Waals surface area contributed by atoms with Crippen molar-refractivity contribution in [3.05, 3.63) is 42.5 Å². The average molecular weight is 309 g/mol. The van der Waals surface area contributed by atoms with Gasteiger partial charge >= 0.3 is 5.97 Å². The molecule has 1 rings (SSSR count). The van der Waals surface area contributed by atoms with Gasteiger partial charge in [0.25, 0.3) is 5.91 Å². The third-order valence-electron chi connectivity index (χ3n) is 2.67. The maximum atomic E-state index is 12.0. The van der Waals surface area contributed by atoms with Crippen molar-refractivity contribution in [2.24, 2.45) is 0 Å². The third-order valence-corrected chi connectivity index (χ3v) is 3.76. The van der Waals surface area contributed by atoms with Gasteiger partial charge in [0.05, 0.1) is 7.11 Å². The molecular formula is C15H19NO4S. The lowest BCUT2D eigenvalue weighted by Gasteiger charge is -2.16. The first-order chi connectivity index (χ1) is 10.1. The van der Waals surface area contributed by atoms with E-state index in [1.165, 1.54) is 31.4 Å². The SMILES string of the molecule is C=CCCSC[C@H](NC(=O)c1ccc(O)cc1)C(=O)OC. The molecule has 1 aromatic carbocycles. The molecule has 0 saturated carbocycles. The summed E-state index contributed by atoms with van der Waals surface area (Å²) in [7, 11) is 1.29. The van der Waals surface area contributed by atoms with Crippen LogP contribution in [-0.2, 0) is 9.53 Å². The highest BCUT2D eigenvalue weighted by Crippen LogP contribution is 2.11. The molecule has 2 N–H and O–H groups in total. The summed E-state index contributed by atoms with van der Waals surface area (Å²) < 4.78 is 4.70. The number of nitrogens with one attached hydrogen (secondary N) is 1. The van der Waals surface area contributed by atoms with E-state index < -0.39 is 12.0 Å². The second kappa shape index (κ2) is 9.07. The van der Waals surface area contributed by atoms with Crippen LogP contribution >= 0.6 is 11.8 Å². The van der Waals surface area contributed by atoms with Gasteiger partial charge in [-0.05, 0) is 36.4 Å². The van der Waals surface area contributed by atoms with E-state index in [1.54, 1.807) is 17.8 Å². The van der Waals surface area contributed by atoms with E-state index in [0.717, 1.165) is 12.2 Å². The second-order valence-corrected chi connectivity index (χ2v) is 5.40. The number of hydrogen-bond acceptors (Lipinski definition) is 5. The monoisotopic (exact) mass is 309 g/mol. The number of allylic oxidation sites excluding steroid dienone is 1. The van der Waals surface area contributed by atoms with E-state index in [-0.39, 0.29) is 11.7 Å². The van der Waals surface area contributed by atoms with Crippen LogP contribution in [0, 0.1) is 0 Å². The number of carbonyl (C=O) groups is 2. The Morgan fingerprint density at radius 2 is 2.10 bits per heavy atom. The Bertz CT molecular complexity index is 487. The van der Waals surface area contributed by atoms with Gasteiger partial charge in [0, 0.05) is 11.3 Å². The van der Waals surface area contributed by atoms with E-state index in [2.05, 4.69) is 11.9 Å². The van der Waals surface area contributed by atoms with E-state index >= 15 is 0 Å². The number of aromatic hydroxyl groups is 1. The summed E-state index contributed by atoms with van der Waals surface area (Å²) in [5.41, 5.74) is 0.373. The number of amides is 1. The van der Waals surface area contributed by atoms with Crippen molar-refractivity contribution in [3.63, 3.8) is 0 Å². The van der Waals surface area contributed by atoms with Crippen molar-refractivity contribution in [1.82, 2.24) is 5.32 Å². The number of thioether (sulfide) groups is 1. The molecule has 114 valence electrons. The molecule has 0 spiro atoms. The third kappa shape index (κ3) is 5.91. The molecular weight excluding hydrogens is 290 g/mol. The van der Waals surface area contributed by atoms with Crippen molar-refractivity contribution in [3.8, 4) is 5.75 Å². The van der Waals surface area contributed by atoms with Gasteiger partial charge < -0.3 is 15.2 Å². The number of esters is 1. The first-order valence-electron chi connectivity index (χ1n) is 6.45. The molecule has 0 bridgehead atoms. The van der Waals surface area contributed by atoms with Crippen LogP contribution in [0.5, 0.6) is 5.75 Å². The molecule has 6 heteroatoms. The molecule has 1 atom stereocenters. The topological polar surface area (TPSA) is 75.6 Å². The number of phenols is 1. The molecule has 0 saturated heterocycles. The largest absolute Gasteiger partial charge is 0.508 e. The van der Waals surface area contributed by atoms with E-state index in [1.807, 2.05) is 0 Å². The van der Waals surface area contributed by atoms with Crippen LogP contribution < -0.4 is 5.32 Å². The Labute approximate surface area is 128 Å². The number of benzene rings is 1. The fraction of sp³-hybridized carbons (Fsp3) is 0.333. The summed E-state index contributed by atoms with van der Waals surface area (Å²) >= 11 is 1.54. The van der Waals surface area contributed by atoms with Crippen LogP contribution in [-0.4, -0.2) is 41.6 Å². The molecule has 0 aliphatic carbocycles. The minimum absolute atomic E-state index is 0.0797. The van der Waals surface area contributed by atoms with Crippen molar-refractivity contribution in [1.29, 1.82) is 0 Å². The molecule has 1 aromatic rings. The Morgan fingerprint density at radius 1 is 1.43 bits per heavy atom. The van der Waals surface area contributed by atoms with E-state index in [0.29, 0.717) is 11.3 Å². The fourth-order valence-electron chi connectivity index (χ4n) is 1.53. The van der Waals surface area contributed by atoms with Crippen molar-refractivity contribution in [2.75, 3.05) is 18.6 Å². The quantitative estimate of drug-likeness (QED) is 0.436. The smallest absolute Gasteiger partial charge is 0.329 e. The molecule has 0 fully saturated rings. The Hall–Kier alpha value is -1.95. The molecule has 0 aliphatic rings. The summed E-state index contributed by atoms with van der Waals surface area (Å²) in [5, 5.41) is 11.8. The number of phenolic OH excluding ortho intramolecular Hbond substituents is 1. The van der Waals surface area contributed by atoms with Gasteiger partial charge in [0.1, 0.15) is 11.8 Å². The minimum atomic E-state index is -0.703. The predicted molar refractivity (Wildman–Crippen MR) is 83.5 cm³/mol. The molecule has 0 heterocycles. The fourth-order valence-corrected chi connectivity index (χ4v) is 2.49. The summed E-state index contributed by atoms with van der Waals surface area (Å²) in [6.45, 7) is 3.63. The molecule has 0 unspecified atom stereocenters. The Balaban J connectivity index is 2.62. The lowest BCUT2D eigenvalue weighted by molar-refractivity contribution is -0.142. The van der Waals surface area contributed by atoms with E-state index in [9.17, 15) is 14.7 Å². The summed E-state index contributed by atoms with van der Waals surface area (Å²) in [5.74, 6) is 0.482. The standard InChI is InChI=1S/C15H19NO4S/c1-3-4-9-21-10-13(15(19)20-2)16-14(18)11-5-7-12(17)8-6-11/h3,5-8,13,17H,1,4,9-10H2,2H3,(H,16,18)/t13-/m0/s1. The van der Waals surface area contributed by atoms with Crippen LogP contribution in [0.25, 0.3) is 0 Å². The zero-order valence-corrected chi connectivity index (χ0v) is 12.7. The molecule has 0 aliphatic heterocycles. The highest BCUT2D eigenvalue weighted by atomic mass is 32.2. The van der Waals surface area contributed by atoms with Gasteiger partial charge in [-0.2, -0.15) is 11.8 Å². The molecule has 1 amide bonds. The average Bonchev–Trinajstić information content (AvgIpc) is 2.50. The number of carbonyl (C=O) groups excluding carboxylic acids is 2. The van der Waals surface area contributed by atoms with Crippen LogP contribution in [0.3, 0.4) is 0 Å². The number of rotatable bonds is 8. The van der Waals surface area contributed by atoms with Crippen LogP contribution in [0.2, 0.25) is 0 Å². The van der Waals surface area contributed by atoms with Crippen LogP contribution in [0.15, 0.2) is 36.9 Å². The van der Waals surface area contributed by atoms with Crippen LogP contribution in [0.4, 0.5) is 0 Å². The van der Waals surface area contributed by atoms with Gasteiger partial charge in [-0.3, -0.25) is 4.79 Å². The molecule has 0 aromatic heterocycles. The van der Waals surface area contributed by atoms with Crippen molar-refractivity contribution >= 4 is 23.6 Å². The van der Waals surface area contributed by atoms with Crippen molar-refractivity contribution in [2.45, 2.75) is 12.5 Å². The van der Waals surface area contributed by atoms with Gasteiger partial charge in [-0.15, -0.1) is 6.58 Å². The number of hydrogen-bond donors (Lipinski definition) is 2.